The summed E-state index contributed by atoms with van der Waals surface area (Å²) in [6.07, 6.45) is -1.09. The molecule has 0 fully saturated rings. The van der Waals surface area contributed by atoms with Gasteiger partial charge in [0.25, 0.3) is 0 Å². The molecule has 7 heteroatoms. The number of carbonyl (C=O) groups excluding carboxylic acids is 1. The molecule has 0 atom stereocenters. The second-order valence-electron chi connectivity index (χ2n) is 2.86. The molecule has 0 aromatic carbocycles. The Kier molecular flexibility index (Phi) is 3.84. The number of carbonyl (C=O) groups is 2. The quantitative estimate of drug-likeness (QED) is 0.807. The molecule has 82 valence electrons. The van der Waals surface area contributed by atoms with Gasteiger partial charge in [-0.05, 0) is 15.9 Å². The summed E-state index contributed by atoms with van der Waals surface area (Å²) < 4.78 is 2.02. The summed E-state index contributed by atoms with van der Waals surface area (Å²) in [5.41, 5.74) is 0.453. The number of nitrogens with one attached hydrogen (secondary N) is 1. The molecular formula is C8H10BrN3O3. The Balaban J connectivity index is 2.67. The van der Waals surface area contributed by atoms with Gasteiger partial charge in [-0.15, -0.1) is 0 Å². The van der Waals surface area contributed by atoms with E-state index in [1.165, 1.54) is 11.6 Å². The SMILES string of the molecule is CC(=O)c1cc(Br)nn1CCNC(=O)O. The van der Waals surface area contributed by atoms with Crippen LogP contribution in [0.25, 0.3) is 0 Å². The van der Waals surface area contributed by atoms with Gasteiger partial charge in [0.1, 0.15) is 10.3 Å². The minimum Gasteiger partial charge on any atom is -0.465 e. The van der Waals surface area contributed by atoms with Crippen LogP contribution in [0, 0.1) is 0 Å². The number of aromatic nitrogens is 2. The Hall–Kier alpha value is -1.37. The zero-order valence-electron chi connectivity index (χ0n) is 8.03. The summed E-state index contributed by atoms with van der Waals surface area (Å²) in [5, 5.41) is 14.6. The number of halogens is 1. The number of rotatable bonds is 4. The standard InChI is InChI=1S/C8H10BrN3O3/c1-5(13)6-4-7(9)11-12(6)3-2-10-8(14)15/h4,10H,2-3H2,1H3,(H,14,15). The van der Waals surface area contributed by atoms with E-state index in [4.69, 9.17) is 5.11 Å². The molecule has 0 aliphatic heterocycles. The van der Waals surface area contributed by atoms with Crippen molar-refractivity contribution in [1.82, 2.24) is 15.1 Å². The summed E-state index contributed by atoms with van der Waals surface area (Å²) in [5.74, 6) is -0.108. The lowest BCUT2D eigenvalue weighted by Crippen LogP contribution is -2.26. The highest BCUT2D eigenvalue weighted by molar-refractivity contribution is 9.10. The third-order valence-electron chi connectivity index (χ3n) is 1.71. The zero-order valence-corrected chi connectivity index (χ0v) is 9.61. The summed E-state index contributed by atoms with van der Waals surface area (Å²) >= 11 is 3.15. The van der Waals surface area contributed by atoms with E-state index in [1.807, 2.05) is 0 Å². The highest BCUT2D eigenvalue weighted by atomic mass is 79.9. The molecule has 0 bridgehead atoms. The van der Waals surface area contributed by atoms with Crippen LogP contribution in [0.1, 0.15) is 17.4 Å². The average molecular weight is 276 g/mol. The fourth-order valence-corrected chi connectivity index (χ4v) is 1.52. The summed E-state index contributed by atoms with van der Waals surface area (Å²) in [6, 6.07) is 1.60. The summed E-state index contributed by atoms with van der Waals surface area (Å²) in [6.45, 7) is 1.97. The van der Waals surface area contributed by atoms with Crippen LogP contribution in [-0.2, 0) is 6.54 Å². The lowest BCUT2D eigenvalue weighted by molar-refractivity contribution is 0.100. The number of amides is 1. The van der Waals surface area contributed by atoms with Gasteiger partial charge in [-0.1, -0.05) is 0 Å². The second-order valence-corrected chi connectivity index (χ2v) is 3.68. The Morgan fingerprint density at radius 1 is 1.67 bits per heavy atom. The maximum atomic E-state index is 11.2. The van der Waals surface area contributed by atoms with Gasteiger partial charge in [-0.3, -0.25) is 9.48 Å². The van der Waals surface area contributed by atoms with Crippen LogP contribution in [-0.4, -0.2) is 33.3 Å². The van der Waals surface area contributed by atoms with Crippen LogP contribution < -0.4 is 5.32 Å². The molecule has 0 aliphatic rings. The summed E-state index contributed by atoms with van der Waals surface area (Å²) in [7, 11) is 0. The third-order valence-corrected chi connectivity index (χ3v) is 2.10. The van der Waals surface area contributed by atoms with Crippen molar-refractivity contribution in [2.24, 2.45) is 0 Å². The van der Waals surface area contributed by atoms with Crippen molar-refractivity contribution < 1.29 is 14.7 Å². The van der Waals surface area contributed by atoms with Crippen LogP contribution in [0.3, 0.4) is 0 Å². The predicted octanol–water partition coefficient (Wildman–Crippen LogP) is 1.12. The Morgan fingerprint density at radius 2 is 2.33 bits per heavy atom. The van der Waals surface area contributed by atoms with Crippen LogP contribution in [0.4, 0.5) is 4.79 Å². The maximum Gasteiger partial charge on any atom is 0.404 e. The van der Waals surface area contributed by atoms with Crippen molar-refractivity contribution in [2.45, 2.75) is 13.5 Å². The van der Waals surface area contributed by atoms with Gasteiger partial charge >= 0.3 is 6.09 Å². The predicted molar refractivity (Wildman–Crippen MR) is 56.0 cm³/mol. The minimum atomic E-state index is -1.09. The molecule has 1 amide bonds. The largest absolute Gasteiger partial charge is 0.465 e. The number of hydrogen-bond donors (Lipinski definition) is 2. The molecule has 0 spiro atoms. The lowest BCUT2D eigenvalue weighted by Gasteiger charge is -2.04. The number of Topliss-reactive ketones (excluding diaryl/α,β-unsaturated/α-hetero) is 1. The van der Waals surface area contributed by atoms with Crippen molar-refractivity contribution in [3.8, 4) is 0 Å². The molecule has 0 saturated heterocycles. The van der Waals surface area contributed by atoms with E-state index in [1.54, 1.807) is 6.07 Å². The van der Waals surface area contributed by atoms with Gasteiger partial charge in [0.15, 0.2) is 5.78 Å². The first-order valence-electron chi connectivity index (χ1n) is 4.22. The van der Waals surface area contributed by atoms with Gasteiger partial charge in [-0.25, -0.2) is 4.79 Å². The van der Waals surface area contributed by atoms with Gasteiger partial charge in [0.2, 0.25) is 0 Å². The maximum absolute atomic E-state index is 11.2. The van der Waals surface area contributed by atoms with Crippen molar-refractivity contribution >= 4 is 27.8 Å². The summed E-state index contributed by atoms with van der Waals surface area (Å²) in [4.78, 5) is 21.4. The van der Waals surface area contributed by atoms with E-state index >= 15 is 0 Å². The average Bonchev–Trinajstić information content (AvgIpc) is 2.46. The van der Waals surface area contributed by atoms with Crippen molar-refractivity contribution in [3.05, 3.63) is 16.4 Å². The molecule has 0 aliphatic carbocycles. The van der Waals surface area contributed by atoms with Gasteiger partial charge in [0.05, 0.1) is 6.54 Å². The highest BCUT2D eigenvalue weighted by Gasteiger charge is 2.10. The van der Waals surface area contributed by atoms with E-state index in [0.717, 1.165) is 0 Å². The molecule has 1 aromatic heterocycles. The smallest absolute Gasteiger partial charge is 0.404 e. The molecule has 1 heterocycles. The topological polar surface area (TPSA) is 84.2 Å². The van der Waals surface area contributed by atoms with E-state index in [0.29, 0.717) is 16.8 Å². The first-order chi connectivity index (χ1) is 7.00. The molecule has 0 unspecified atom stereocenters. The number of ketones is 1. The zero-order chi connectivity index (χ0) is 11.4. The molecule has 0 radical (unpaired) electrons. The first kappa shape index (κ1) is 11.7. The fourth-order valence-electron chi connectivity index (χ4n) is 1.11. The highest BCUT2D eigenvalue weighted by Crippen LogP contribution is 2.10. The molecule has 2 N–H and O–H groups in total. The molecule has 1 rings (SSSR count). The molecule has 1 aromatic rings. The third kappa shape index (κ3) is 3.35. The molecule has 15 heavy (non-hydrogen) atoms. The second kappa shape index (κ2) is 4.92. The van der Waals surface area contributed by atoms with Crippen molar-refractivity contribution in [3.63, 3.8) is 0 Å². The Labute approximate surface area is 94.4 Å². The van der Waals surface area contributed by atoms with Gasteiger partial charge < -0.3 is 10.4 Å². The van der Waals surface area contributed by atoms with E-state index in [-0.39, 0.29) is 12.3 Å². The number of nitrogens with zero attached hydrogens (tertiary/aromatic N) is 2. The van der Waals surface area contributed by atoms with Crippen LogP contribution >= 0.6 is 15.9 Å². The van der Waals surface area contributed by atoms with Crippen molar-refractivity contribution in [2.75, 3.05) is 6.54 Å². The van der Waals surface area contributed by atoms with Crippen LogP contribution in [0.2, 0.25) is 0 Å². The lowest BCUT2D eigenvalue weighted by atomic mass is 10.3. The number of carboxylic acid groups (broad SMARTS) is 1. The molecular weight excluding hydrogens is 266 g/mol. The monoisotopic (exact) mass is 275 g/mol. The van der Waals surface area contributed by atoms with Crippen molar-refractivity contribution in [1.29, 1.82) is 0 Å². The number of hydrogen-bond acceptors (Lipinski definition) is 3. The Morgan fingerprint density at radius 3 is 2.87 bits per heavy atom. The molecule has 6 nitrogen and oxygen atoms in total. The Bertz CT molecular complexity index is 388. The van der Waals surface area contributed by atoms with E-state index < -0.39 is 6.09 Å². The van der Waals surface area contributed by atoms with Gasteiger partial charge in [-0.2, -0.15) is 5.10 Å². The normalized spacial score (nSPS) is 10.0. The van der Waals surface area contributed by atoms with Gasteiger partial charge in [0, 0.05) is 19.5 Å². The first-order valence-corrected chi connectivity index (χ1v) is 5.01. The minimum absolute atomic E-state index is 0.108. The molecule has 0 saturated carbocycles. The van der Waals surface area contributed by atoms with E-state index in [2.05, 4.69) is 26.3 Å². The van der Waals surface area contributed by atoms with Crippen LogP contribution in [0.15, 0.2) is 10.7 Å². The van der Waals surface area contributed by atoms with E-state index in [9.17, 15) is 9.59 Å². The van der Waals surface area contributed by atoms with Crippen LogP contribution in [0.5, 0.6) is 0 Å². The fraction of sp³-hybridized carbons (Fsp3) is 0.375.